The number of thiophene rings is 1. The number of hydrogen-bond donors (Lipinski definition) is 2. The molecular formula is C15H25NOS. The zero-order chi connectivity index (χ0) is 12.8. The lowest BCUT2D eigenvalue weighted by Crippen LogP contribution is -2.35. The Balaban J connectivity index is 1.61. The number of rotatable bonds is 7. The van der Waals surface area contributed by atoms with Gasteiger partial charge in [0.1, 0.15) is 0 Å². The first-order chi connectivity index (χ1) is 8.74. The summed E-state index contributed by atoms with van der Waals surface area (Å²) in [5.74, 6) is 0.773. The minimum absolute atomic E-state index is 0.168. The van der Waals surface area contributed by atoms with Crippen molar-refractivity contribution in [3.05, 3.63) is 22.4 Å². The van der Waals surface area contributed by atoms with E-state index in [0.717, 1.165) is 25.3 Å². The molecule has 0 aliphatic heterocycles. The normalized spacial score (nSPS) is 20.1. The third kappa shape index (κ3) is 4.71. The van der Waals surface area contributed by atoms with E-state index in [4.69, 9.17) is 0 Å². The smallest absolute Gasteiger partial charge is 0.0667 e. The Morgan fingerprint density at radius 1 is 1.44 bits per heavy atom. The van der Waals surface area contributed by atoms with Gasteiger partial charge in [0.2, 0.25) is 0 Å². The van der Waals surface area contributed by atoms with Gasteiger partial charge in [-0.2, -0.15) is 0 Å². The van der Waals surface area contributed by atoms with Crippen LogP contribution in [0.15, 0.2) is 17.5 Å². The van der Waals surface area contributed by atoms with Crippen LogP contribution in [0.2, 0.25) is 0 Å². The minimum atomic E-state index is -0.168. The second-order valence-corrected chi connectivity index (χ2v) is 6.67. The first-order valence-electron chi connectivity index (χ1n) is 7.18. The Hall–Kier alpha value is -0.380. The molecule has 1 saturated carbocycles. The number of aliphatic hydroxyl groups excluding tert-OH is 1. The quantitative estimate of drug-likeness (QED) is 0.795. The van der Waals surface area contributed by atoms with Gasteiger partial charge in [-0.15, -0.1) is 11.3 Å². The molecule has 0 amide bonds. The van der Waals surface area contributed by atoms with Gasteiger partial charge < -0.3 is 10.4 Å². The second kappa shape index (κ2) is 7.27. The van der Waals surface area contributed by atoms with Crippen LogP contribution in [-0.4, -0.2) is 23.8 Å². The molecule has 2 nitrogen and oxygen atoms in total. The van der Waals surface area contributed by atoms with Gasteiger partial charge in [-0.25, -0.2) is 0 Å². The average Bonchev–Trinajstić information content (AvgIpc) is 2.99. The largest absolute Gasteiger partial charge is 0.392 e. The van der Waals surface area contributed by atoms with Crippen molar-refractivity contribution in [2.75, 3.05) is 6.54 Å². The molecule has 0 bridgehead atoms. The highest BCUT2D eigenvalue weighted by Gasteiger charge is 2.19. The molecule has 1 aromatic rings. The highest BCUT2D eigenvalue weighted by atomic mass is 32.1. The van der Waals surface area contributed by atoms with Crippen molar-refractivity contribution in [1.82, 2.24) is 5.32 Å². The molecule has 1 aromatic heterocycles. The van der Waals surface area contributed by atoms with Crippen LogP contribution in [0.25, 0.3) is 0 Å². The van der Waals surface area contributed by atoms with Gasteiger partial charge in [-0.05, 0) is 37.1 Å². The molecule has 2 unspecified atom stereocenters. The van der Waals surface area contributed by atoms with E-state index in [1.807, 2.05) is 11.3 Å². The molecule has 1 aliphatic rings. The predicted molar refractivity (Wildman–Crippen MR) is 78.1 cm³/mol. The van der Waals surface area contributed by atoms with E-state index in [-0.39, 0.29) is 6.10 Å². The van der Waals surface area contributed by atoms with Gasteiger partial charge in [0.15, 0.2) is 0 Å². The van der Waals surface area contributed by atoms with E-state index in [1.165, 1.54) is 30.6 Å². The zero-order valence-electron chi connectivity index (χ0n) is 11.3. The maximum absolute atomic E-state index is 10.0. The standard InChI is InChI=1S/C15H25NOS/c1-12(9-15-7-4-8-18-15)16-11-14(17)10-13-5-2-3-6-13/h4,7-8,12-14,16-17H,2-3,5-6,9-11H2,1H3. The molecule has 1 fully saturated rings. The second-order valence-electron chi connectivity index (χ2n) is 5.63. The minimum Gasteiger partial charge on any atom is -0.392 e. The topological polar surface area (TPSA) is 32.3 Å². The molecule has 18 heavy (non-hydrogen) atoms. The molecule has 0 saturated heterocycles. The Morgan fingerprint density at radius 2 is 2.22 bits per heavy atom. The maximum Gasteiger partial charge on any atom is 0.0667 e. The van der Waals surface area contributed by atoms with Crippen molar-refractivity contribution in [3.63, 3.8) is 0 Å². The molecule has 1 aliphatic carbocycles. The maximum atomic E-state index is 10.0. The molecule has 2 N–H and O–H groups in total. The summed E-state index contributed by atoms with van der Waals surface area (Å²) in [6.45, 7) is 2.94. The van der Waals surface area contributed by atoms with Gasteiger partial charge in [0.25, 0.3) is 0 Å². The zero-order valence-corrected chi connectivity index (χ0v) is 12.1. The lowest BCUT2D eigenvalue weighted by molar-refractivity contribution is 0.137. The van der Waals surface area contributed by atoms with Crippen molar-refractivity contribution in [3.8, 4) is 0 Å². The van der Waals surface area contributed by atoms with Crippen LogP contribution in [0.1, 0.15) is 43.9 Å². The van der Waals surface area contributed by atoms with Crippen LogP contribution in [0.3, 0.4) is 0 Å². The van der Waals surface area contributed by atoms with E-state index in [1.54, 1.807) is 0 Å². The van der Waals surface area contributed by atoms with E-state index in [0.29, 0.717) is 6.04 Å². The summed E-state index contributed by atoms with van der Waals surface area (Å²) in [6.07, 6.45) is 7.24. The average molecular weight is 267 g/mol. The molecule has 2 rings (SSSR count). The van der Waals surface area contributed by atoms with Crippen molar-refractivity contribution in [2.45, 2.75) is 57.6 Å². The van der Waals surface area contributed by atoms with Gasteiger partial charge in [-0.1, -0.05) is 31.7 Å². The third-order valence-electron chi connectivity index (χ3n) is 3.87. The van der Waals surface area contributed by atoms with Crippen molar-refractivity contribution >= 4 is 11.3 Å². The SMILES string of the molecule is CC(Cc1cccs1)NCC(O)CC1CCCC1. The summed E-state index contributed by atoms with van der Waals surface area (Å²) in [6, 6.07) is 4.72. The first kappa shape index (κ1) is 14.0. The van der Waals surface area contributed by atoms with E-state index < -0.39 is 0 Å². The fourth-order valence-electron chi connectivity index (χ4n) is 2.85. The van der Waals surface area contributed by atoms with Crippen LogP contribution in [0, 0.1) is 5.92 Å². The monoisotopic (exact) mass is 267 g/mol. The summed E-state index contributed by atoms with van der Waals surface area (Å²) < 4.78 is 0. The van der Waals surface area contributed by atoms with Crippen LogP contribution in [0.4, 0.5) is 0 Å². The molecule has 2 atom stereocenters. The van der Waals surface area contributed by atoms with Crippen molar-refractivity contribution < 1.29 is 5.11 Å². The van der Waals surface area contributed by atoms with Crippen LogP contribution in [-0.2, 0) is 6.42 Å². The Morgan fingerprint density at radius 3 is 2.89 bits per heavy atom. The van der Waals surface area contributed by atoms with Crippen molar-refractivity contribution in [1.29, 1.82) is 0 Å². The van der Waals surface area contributed by atoms with Crippen molar-refractivity contribution in [2.24, 2.45) is 5.92 Å². The third-order valence-corrected chi connectivity index (χ3v) is 4.77. The Labute approximate surface area is 114 Å². The van der Waals surface area contributed by atoms with E-state index in [2.05, 4.69) is 29.8 Å². The highest BCUT2D eigenvalue weighted by molar-refractivity contribution is 7.09. The summed E-state index contributed by atoms with van der Waals surface area (Å²) in [7, 11) is 0. The summed E-state index contributed by atoms with van der Waals surface area (Å²) in [5.41, 5.74) is 0. The lowest BCUT2D eigenvalue weighted by Gasteiger charge is -2.19. The summed E-state index contributed by atoms with van der Waals surface area (Å²) in [5, 5.41) is 15.6. The summed E-state index contributed by atoms with van der Waals surface area (Å²) >= 11 is 1.81. The van der Waals surface area contributed by atoms with E-state index >= 15 is 0 Å². The fourth-order valence-corrected chi connectivity index (χ4v) is 3.69. The van der Waals surface area contributed by atoms with Gasteiger partial charge in [0.05, 0.1) is 6.10 Å². The molecule has 3 heteroatoms. The Kier molecular flexibility index (Phi) is 5.67. The fraction of sp³-hybridized carbons (Fsp3) is 0.733. The molecule has 0 aromatic carbocycles. The number of aliphatic hydroxyl groups is 1. The molecule has 0 spiro atoms. The van der Waals surface area contributed by atoms with Gasteiger partial charge in [0, 0.05) is 17.5 Å². The predicted octanol–water partition coefficient (Wildman–Crippen LogP) is 3.21. The summed E-state index contributed by atoms with van der Waals surface area (Å²) in [4.78, 5) is 1.42. The van der Waals surface area contributed by atoms with Crippen LogP contribution in [0.5, 0.6) is 0 Å². The van der Waals surface area contributed by atoms with Gasteiger partial charge in [-0.3, -0.25) is 0 Å². The number of hydrogen-bond acceptors (Lipinski definition) is 3. The molecule has 1 heterocycles. The number of nitrogens with one attached hydrogen (secondary N) is 1. The Bertz CT molecular complexity index is 319. The first-order valence-corrected chi connectivity index (χ1v) is 8.06. The molecule has 0 radical (unpaired) electrons. The van der Waals surface area contributed by atoms with Gasteiger partial charge >= 0.3 is 0 Å². The van der Waals surface area contributed by atoms with Crippen LogP contribution >= 0.6 is 11.3 Å². The lowest BCUT2D eigenvalue weighted by atomic mass is 10.00. The molecule has 102 valence electrons. The van der Waals surface area contributed by atoms with E-state index in [9.17, 15) is 5.11 Å². The van der Waals surface area contributed by atoms with Crippen LogP contribution < -0.4 is 5.32 Å². The highest BCUT2D eigenvalue weighted by Crippen LogP contribution is 2.28. The molecular weight excluding hydrogens is 242 g/mol.